The van der Waals surface area contributed by atoms with E-state index in [9.17, 15) is 19.7 Å². The highest BCUT2D eigenvalue weighted by Crippen LogP contribution is 2.35. The van der Waals surface area contributed by atoms with Crippen molar-refractivity contribution in [3.05, 3.63) is 43.8 Å². The fraction of sp³-hybridized carbons (Fsp3) is 0.214. The second kappa shape index (κ2) is 7.29. The van der Waals surface area contributed by atoms with Crippen molar-refractivity contribution < 1.29 is 19.2 Å². The number of carbonyl (C=O) groups excluding carboxylic acids is 2. The van der Waals surface area contributed by atoms with E-state index < -0.39 is 22.8 Å². The van der Waals surface area contributed by atoms with Crippen LogP contribution in [0.25, 0.3) is 6.08 Å². The average Bonchev–Trinajstić information content (AvgIpc) is 2.81. The summed E-state index contributed by atoms with van der Waals surface area (Å²) >= 11 is 11.9. The number of thioether (sulfide) groups is 1. The number of nitro groups is 1. The highest BCUT2D eigenvalue weighted by Gasteiger charge is 2.38. The molecule has 0 unspecified atom stereocenters. The maximum absolute atomic E-state index is 12.4. The molecule has 1 saturated heterocycles. The zero-order valence-electron chi connectivity index (χ0n) is 12.5. The molecule has 1 aromatic carbocycles. The minimum Gasteiger partial charge on any atom is -0.467 e. The van der Waals surface area contributed by atoms with Crippen molar-refractivity contribution in [3.63, 3.8) is 0 Å². The molecule has 0 N–H and O–H groups in total. The van der Waals surface area contributed by atoms with Crippen LogP contribution < -0.4 is 0 Å². The number of nitro benzene ring substituents is 1. The van der Waals surface area contributed by atoms with Gasteiger partial charge in [0.1, 0.15) is 15.4 Å². The summed E-state index contributed by atoms with van der Waals surface area (Å²) in [4.78, 5) is 35.8. The maximum atomic E-state index is 12.4. The summed E-state index contributed by atoms with van der Waals surface area (Å²) in [6.07, 6.45) is 1.46. The molecule has 0 radical (unpaired) electrons. The Morgan fingerprint density at radius 1 is 1.54 bits per heavy atom. The molecule has 1 atom stereocenters. The predicted octanol–water partition coefficient (Wildman–Crippen LogP) is 3.01. The summed E-state index contributed by atoms with van der Waals surface area (Å²) in [7, 11) is 1.22. The van der Waals surface area contributed by atoms with Crippen LogP contribution in [0.2, 0.25) is 5.02 Å². The van der Waals surface area contributed by atoms with Crippen LogP contribution >= 0.6 is 35.6 Å². The lowest BCUT2D eigenvalue weighted by atomic mass is 10.2. The summed E-state index contributed by atoms with van der Waals surface area (Å²) in [5.74, 6) is -1.05. The molecule has 24 heavy (non-hydrogen) atoms. The number of ether oxygens (including phenoxy) is 1. The Balaban J connectivity index is 2.34. The summed E-state index contributed by atoms with van der Waals surface area (Å²) in [6, 6.07) is 3.33. The first-order chi connectivity index (χ1) is 11.3. The van der Waals surface area contributed by atoms with E-state index in [0.29, 0.717) is 5.56 Å². The van der Waals surface area contributed by atoms with Crippen molar-refractivity contribution in [1.82, 2.24) is 4.90 Å². The Kier molecular flexibility index (Phi) is 5.58. The highest BCUT2D eigenvalue weighted by atomic mass is 35.5. The Morgan fingerprint density at radius 2 is 2.21 bits per heavy atom. The van der Waals surface area contributed by atoms with Crippen molar-refractivity contribution in [2.75, 3.05) is 7.11 Å². The number of hydrogen-bond acceptors (Lipinski definition) is 7. The molecular formula is C14H11ClN2O5S2. The van der Waals surface area contributed by atoms with E-state index in [2.05, 4.69) is 4.74 Å². The van der Waals surface area contributed by atoms with E-state index in [1.807, 2.05) is 0 Å². The van der Waals surface area contributed by atoms with E-state index in [4.69, 9.17) is 23.8 Å². The average molecular weight is 387 g/mol. The molecule has 1 aliphatic heterocycles. The molecule has 10 heteroatoms. The van der Waals surface area contributed by atoms with Gasteiger partial charge in [-0.1, -0.05) is 41.6 Å². The summed E-state index contributed by atoms with van der Waals surface area (Å²) in [5, 5.41) is 10.9. The predicted molar refractivity (Wildman–Crippen MR) is 94.6 cm³/mol. The van der Waals surface area contributed by atoms with Crippen LogP contribution in [0, 0.1) is 10.1 Å². The van der Waals surface area contributed by atoms with Gasteiger partial charge in [-0.05, 0) is 24.6 Å². The number of amides is 1. The standard InChI is InChI=1S/C14H11ClN2O5S2/c1-7(13(19)22-2)16-12(18)11(24-14(16)23)6-8-3-4-9(15)10(5-8)17(20)21/h3-7H,1-2H3/b11-6-/t7-/m1/s1. The zero-order valence-corrected chi connectivity index (χ0v) is 14.9. The molecule has 0 bridgehead atoms. The SMILES string of the molecule is COC(=O)[C@@H](C)N1C(=O)/C(=C/c2ccc(Cl)c([N+](=O)[O-])c2)SC1=S. The monoisotopic (exact) mass is 386 g/mol. The maximum Gasteiger partial charge on any atom is 0.328 e. The van der Waals surface area contributed by atoms with Gasteiger partial charge in [0, 0.05) is 6.07 Å². The number of hydrogen-bond donors (Lipinski definition) is 0. The van der Waals surface area contributed by atoms with Crippen LogP contribution in [0.3, 0.4) is 0 Å². The van der Waals surface area contributed by atoms with Gasteiger partial charge < -0.3 is 4.74 Å². The van der Waals surface area contributed by atoms with Crippen molar-refractivity contribution in [2.24, 2.45) is 0 Å². The smallest absolute Gasteiger partial charge is 0.328 e. The van der Waals surface area contributed by atoms with Crippen molar-refractivity contribution in [2.45, 2.75) is 13.0 Å². The molecule has 0 aromatic heterocycles. The number of halogens is 1. The lowest BCUT2D eigenvalue weighted by Crippen LogP contribution is -2.42. The molecule has 2 rings (SSSR count). The lowest BCUT2D eigenvalue weighted by Gasteiger charge is -2.20. The second-order valence-electron chi connectivity index (χ2n) is 4.72. The number of methoxy groups -OCH3 is 1. The van der Waals surface area contributed by atoms with Crippen LogP contribution in [0.1, 0.15) is 12.5 Å². The topological polar surface area (TPSA) is 89.8 Å². The van der Waals surface area contributed by atoms with Gasteiger partial charge >= 0.3 is 5.97 Å². The van der Waals surface area contributed by atoms with Gasteiger partial charge in [-0.15, -0.1) is 0 Å². The van der Waals surface area contributed by atoms with Crippen LogP contribution in [0.5, 0.6) is 0 Å². The van der Waals surface area contributed by atoms with Crippen molar-refractivity contribution in [1.29, 1.82) is 0 Å². The summed E-state index contributed by atoms with van der Waals surface area (Å²) in [6.45, 7) is 1.51. The van der Waals surface area contributed by atoms with Gasteiger partial charge in [0.25, 0.3) is 11.6 Å². The van der Waals surface area contributed by atoms with Gasteiger partial charge in [-0.2, -0.15) is 0 Å². The number of thiocarbonyl (C=S) groups is 1. The Bertz CT molecular complexity index is 780. The lowest BCUT2D eigenvalue weighted by molar-refractivity contribution is -0.384. The Labute approximate surface area is 151 Å². The first-order valence-electron chi connectivity index (χ1n) is 6.55. The van der Waals surface area contributed by atoms with Crippen LogP contribution in [-0.2, 0) is 14.3 Å². The molecule has 0 saturated carbocycles. The van der Waals surface area contributed by atoms with Crippen LogP contribution in [0.4, 0.5) is 5.69 Å². The number of nitrogens with zero attached hydrogens (tertiary/aromatic N) is 2. The largest absolute Gasteiger partial charge is 0.467 e. The normalized spacial score (nSPS) is 17.3. The van der Waals surface area contributed by atoms with Gasteiger partial charge in [0.2, 0.25) is 0 Å². The third-order valence-electron chi connectivity index (χ3n) is 3.22. The first kappa shape index (κ1) is 18.4. The highest BCUT2D eigenvalue weighted by molar-refractivity contribution is 8.26. The molecule has 126 valence electrons. The summed E-state index contributed by atoms with van der Waals surface area (Å²) in [5.41, 5.74) is 0.168. The van der Waals surface area contributed by atoms with E-state index in [-0.39, 0.29) is 19.9 Å². The van der Waals surface area contributed by atoms with E-state index in [0.717, 1.165) is 16.7 Å². The van der Waals surface area contributed by atoms with Crippen LogP contribution in [-0.4, -0.2) is 39.2 Å². The molecule has 1 fully saturated rings. The molecule has 1 heterocycles. The molecule has 1 amide bonds. The van der Waals surface area contributed by atoms with E-state index in [1.54, 1.807) is 6.07 Å². The number of benzene rings is 1. The number of carbonyl (C=O) groups is 2. The second-order valence-corrected chi connectivity index (χ2v) is 6.80. The van der Waals surface area contributed by atoms with Gasteiger partial charge in [0.05, 0.1) is 16.9 Å². The molecule has 0 spiro atoms. The van der Waals surface area contributed by atoms with Crippen molar-refractivity contribution >= 4 is 63.5 Å². The van der Waals surface area contributed by atoms with E-state index >= 15 is 0 Å². The fourth-order valence-corrected chi connectivity index (χ4v) is 3.61. The number of esters is 1. The third-order valence-corrected chi connectivity index (χ3v) is 4.87. The van der Waals surface area contributed by atoms with Gasteiger partial charge in [-0.25, -0.2) is 4.79 Å². The molecule has 1 aromatic rings. The molecular weight excluding hydrogens is 376 g/mol. The Hall–Kier alpha value is -1.97. The van der Waals surface area contributed by atoms with Crippen LogP contribution in [0.15, 0.2) is 23.1 Å². The quantitative estimate of drug-likeness (QED) is 0.258. The van der Waals surface area contributed by atoms with E-state index in [1.165, 1.54) is 32.2 Å². The minimum absolute atomic E-state index is 0.00372. The zero-order chi connectivity index (χ0) is 18.0. The van der Waals surface area contributed by atoms with Gasteiger partial charge in [0.15, 0.2) is 0 Å². The summed E-state index contributed by atoms with van der Waals surface area (Å²) < 4.78 is 4.83. The third kappa shape index (κ3) is 3.58. The Morgan fingerprint density at radius 3 is 2.79 bits per heavy atom. The minimum atomic E-state index is -0.854. The van der Waals surface area contributed by atoms with Gasteiger partial charge in [-0.3, -0.25) is 19.8 Å². The molecule has 0 aliphatic carbocycles. The van der Waals surface area contributed by atoms with Crippen molar-refractivity contribution in [3.8, 4) is 0 Å². The number of rotatable bonds is 4. The first-order valence-corrected chi connectivity index (χ1v) is 8.15. The fourth-order valence-electron chi connectivity index (χ4n) is 2.00. The molecule has 1 aliphatic rings. The molecule has 7 nitrogen and oxygen atoms in total.